The number of carbonyl (C=O) groups excluding carboxylic acids is 2. The van der Waals surface area contributed by atoms with Gasteiger partial charge in [0.25, 0.3) is 5.91 Å². The van der Waals surface area contributed by atoms with Crippen LogP contribution >= 0.6 is 11.3 Å². The maximum atomic E-state index is 12.2. The summed E-state index contributed by atoms with van der Waals surface area (Å²) in [6, 6.07) is 3.71. The van der Waals surface area contributed by atoms with E-state index in [1.807, 2.05) is 29.3 Å². The number of nitrogens with zero attached hydrogens (tertiary/aromatic N) is 1. The smallest absolute Gasteiger partial charge is 0.309 e. The summed E-state index contributed by atoms with van der Waals surface area (Å²) in [6.45, 7) is 4.51. The highest BCUT2D eigenvalue weighted by molar-refractivity contribution is 7.12. The van der Waals surface area contributed by atoms with Gasteiger partial charge in [-0.3, -0.25) is 9.59 Å². The third kappa shape index (κ3) is 4.54. The normalized spacial score (nSPS) is 16.0. The predicted molar refractivity (Wildman–Crippen MR) is 80.4 cm³/mol. The number of hydrogen-bond acceptors (Lipinski definition) is 5. The molecule has 0 atom stereocenters. The van der Waals surface area contributed by atoms with E-state index in [1.165, 1.54) is 11.3 Å². The van der Waals surface area contributed by atoms with Gasteiger partial charge < -0.3 is 14.4 Å². The number of esters is 1. The standard InChI is InChI=1S/C15H21NO4S/c1-2-19-9-10-20-15(18)12-5-7-16(8-6-12)14(17)13-4-3-11-21-13/h3-4,11-12H,2,5-10H2,1H3. The van der Waals surface area contributed by atoms with Gasteiger partial charge >= 0.3 is 5.97 Å². The van der Waals surface area contributed by atoms with Gasteiger partial charge in [-0.15, -0.1) is 11.3 Å². The molecule has 0 spiro atoms. The first kappa shape index (κ1) is 16.0. The molecule has 0 aromatic carbocycles. The fourth-order valence-corrected chi connectivity index (χ4v) is 3.03. The van der Waals surface area contributed by atoms with E-state index >= 15 is 0 Å². The van der Waals surface area contributed by atoms with E-state index in [1.54, 1.807) is 0 Å². The number of amides is 1. The predicted octanol–water partition coefficient (Wildman–Crippen LogP) is 2.18. The molecule has 1 fully saturated rings. The van der Waals surface area contributed by atoms with Crippen molar-refractivity contribution in [2.24, 2.45) is 5.92 Å². The summed E-state index contributed by atoms with van der Waals surface area (Å²) in [5, 5.41) is 1.90. The van der Waals surface area contributed by atoms with Gasteiger partial charge in [-0.25, -0.2) is 0 Å². The molecular formula is C15H21NO4S. The molecule has 1 aromatic rings. The summed E-state index contributed by atoms with van der Waals surface area (Å²) in [7, 11) is 0. The number of carbonyl (C=O) groups is 2. The van der Waals surface area contributed by atoms with Crippen LogP contribution in [0.3, 0.4) is 0 Å². The molecule has 21 heavy (non-hydrogen) atoms. The Morgan fingerprint density at radius 3 is 2.71 bits per heavy atom. The molecule has 0 unspecified atom stereocenters. The minimum atomic E-state index is -0.169. The van der Waals surface area contributed by atoms with Crippen LogP contribution in [0.25, 0.3) is 0 Å². The Labute approximate surface area is 128 Å². The number of ether oxygens (including phenoxy) is 2. The Balaban J connectivity index is 1.72. The molecule has 5 nitrogen and oxygen atoms in total. The summed E-state index contributed by atoms with van der Waals surface area (Å²) in [6.07, 6.45) is 1.34. The van der Waals surface area contributed by atoms with Gasteiger partial charge in [0.15, 0.2) is 0 Å². The average molecular weight is 311 g/mol. The lowest BCUT2D eigenvalue weighted by Crippen LogP contribution is -2.40. The van der Waals surface area contributed by atoms with E-state index in [9.17, 15) is 9.59 Å². The lowest BCUT2D eigenvalue weighted by atomic mass is 9.97. The van der Waals surface area contributed by atoms with Crippen molar-refractivity contribution >= 4 is 23.2 Å². The maximum absolute atomic E-state index is 12.2. The molecule has 1 aliphatic rings. The largest absolute Gasteiger partial charge is 0.463 e. The van der Waals surface area contributed by atoms with Gasteiger partial charge in [-0.2, -0.15) is 0 Å². The maximum Gasteiger partial charge on any atom is 0.309 e. The van der Waals surface area contributed by atoms with Gasteiger partial charge in [0, 0.05) is 19.7 Å². The third-order valence-corrected chi connectivity index (χ3v) is 4.38. The Bertz CT molecular complexity index is 452. The summed E-state index contributed by atoms with van der Waals surface area (Å²) >= 11 is 1.45. The van der Waals surface area contributed by atoms with Crippen molar-refractivity contribution in [2.75, 3.05) is 32.9 Å². The van der Waals surface area contributed by atoms with Crippen LogP contribution in [0.4, 0.5) is 0 Å². The summed E-state index contributed by atoms with van der Waals surface area (Å²) in [4.78, 5) is 26.6. The molecule has 1 aromatic heterocycles. The van der Waals surface area contributed by atoms with Gasteiger partial charge in [0.05, 0.1) is 17.4 Å². The molecular weight excluding hydrogens is 290 g/mol. The summed E-state index contributed by atoms with van der Waals surface area (Å²) in [5.74, 6) is -0.204. The second kappa shape index (κ2) is 8.14. The van der Waals surface area contributed by atoms with Crippen molar-refractivity contribution in [1.29, 1.82) is 0 Å². The van der Waals surface area contributed by atoms with Crippen LogP contribution in [0.5, 0.6) is 0 Å². The minimum Gasteiger partial charge on any atom is -0.463 e. The van der Waals surface area contributed by atoms with Crippen molar-refractivity contribution in [1.82, 2.24) is 4.90 Å². The van der Waals surface area contributed by atoms with E-state index in [4.69, 9.17) is 9.47 Å². The molecule has 1 amide bonds. The molecule has 0 N–H and O–H groups in total. The lowest BCUT2D eigenvalue weighted by molar-refractivity contribution is -0.151. The van der Waals surface area contributed by atoms with Crippen LogP contribution in [-0.4, -0.2) is 49.7 Å². The van der Waals surface area contributed by atoms with Gasteiger partial charge in [-0.1, -0.05) is 6.07 Å². The molecule has 1 saturated heterocycles. The van der Waals surface area contributed by atoms with Crippen molar-refractivity contribution in [3.8, 4) is 0 Å². The molecule has 2 heterocycles. The first-order valence-corrected chi connectivity index (χ1v) is 8.17. The monoisotopic (exact) mass is 311 g/mol. The highest BCUT2D eigenvalue weighted by Crippen LogP contribution is 2.21. The van der Waals surface area contributed by atoms with Gasteiger partial charge in [0.2, 0.25) is 0 Å². The Morgan fingerprint density at radius 1 is 1.33 bits per heavy atom. The Hall–Kier alpha value is -1.40. The van der Waals surface area contributed by atoms with E-state index in [-0.39, 0.29) is 17.8 Å². The van der Waals surface area contributed by atoms with E-state index in [0.717, 1.165) is 4.88 Å². The van der Waals surface area contributed by atoms with Crippen molar-refractivity contribution in [3.05, 3.63) is 22.4 Å². The summed E-state index contributed by atoms with van der Waals surface area (Å²) < 4.78 is 10.3. The van der Waals surface area contributed by atoms with Crippen LogP contribution in [0, 0.1) is 5.92 Å². The van der Waals surface area contributed by atoms with E-state index < -0.39 is 0 Å². The zero-order chi connectivity index (χ0) is 15.1. The zero-order valence-electron chi connectivity index (χ0n) is 12.2. The lowest BCUT2D eigenvalue weighted by Gasteiger charge is -2.30. The topological polar surface area (TPSA) is 55.8 Å². The number of rotatable bonds is 6. The molecule has 0 radical (unpaired) electrons. The van der Waals surface area contributed by atoms with Crippen LogP contribution in [0.15, 0.2) is 17.5 Å². The molecule has 0 bridgehead atoms. The van der Waals surface area contributed by atoms with Crippen molar-refractivity contribution in [3.63, 3.8) is 0 Å². The second-order valence-electron chi connectivity index (χ2n) is 4.91. The minimum absolute atomic E-state index is 0.0631. The van der Waals surface area contributed by atoms with Crippen molar-refractivity contribution in [2.45, 2.75) is 19.8 Å². The van der Waals surface area contributed by atoms with Gasteiger partial charge in [-0.05, 0) is 31.2 Å². The Morgan fingerprint density at radius 2 is 2.10 bits per heavy atom. The summed E-state index contributed by atoms with van der Waals surface area (Å²) in [5.41, 5.74) is 0. The first-order valence-electron chi connectivity index (χ1n) is 7.29. The molecule has 0 saturated carbocycles. The fraction of sp³-hybridized carbons (Fsp3) is 0.600. The number of thiophene rings is 1. The molecule has 1 aliphatic heterocycles. The quantitative estimate of drug-likeness (QED) is 0.597. The second-order valence-corrected chi connectivity index (χ2v) is 5.86. The van der Waals surface area contributed by atoms with Crippen LogP contribution < -0.4 is 0 Å². The first-order chi connectivity index (χ1) is 10.2. The molecule has 0 aliphatic carbocycles. The highest BCUT2D eigenvalue weighted by atomic mass is 32.1. The fourth-order valence-electron chi connectivity index (χ4n) is 2.34. The molecule has 2 rings (SSSR count). The van der Waals surface area contributed by atoms with Crippen LogP contribution in [0.1, 0.15) is 29.4 Å². The van der Waals surface area contributed by atoms with Crippen LogP contribution in [0.2, 0.25) is 0 Å². The molecule has 116 valence electrons. The van der Waals surface area contributed by atoms with E-state index in [2.05, 4.69) is 0 Å². The van der Waals surface area contributed by atoms with E-state index in [0.29, 0.717) is 45.8 Å². The van der Waals surface area contributed by atoms with Crippen LogP contribution in [-0.2, 0) is 14.3 Å². The zero-order valence-corrected chi connectivity index (χ0v) is 13.1. The Kier molecular flexibility index (Phi) is 6.20. The third-order valence-electron chi connectivity index (χ3n) is 3.52. The molecule has 6 heteroatoms. The SMILES string of the molecule is CCOCCOC(=O)C1CCN(C(=O)c2cccs2)CC1. The number of piperidine rings is 1. The van der Waals surface area contributed by atoms with Gasteiger partial charge in [0.1, 0.15) is 6.61 Å². The number of likely N-dealkylation sites (tertiary alicyclic amines) is 1. The number of hydrogen-bond donors (Lipinski definition) is 0. The van der Waals surface area contributed by atoms with Crippen molar-refractivity contribution < 1.29 is 19.1 Å². The average Bonchev–Trinajstić information content (AvgIpc) is 3.05. The highest BCUT2D eigenvalue weighted by Gasteiger charge is 2.28.